The molecule has 0 fully saturated rings. The molecule has 1 amide bonds. The minimum absolute atomic E-state index is 0.00706. The first-order valence-corrected chi connectivity index (χ1v) is 7.96. The first-order chi connectivity index (χ1) is 11.1. The summed E-state index contributed by atoms with van der Waals surface area (Å²) in [7, 11) is 0. The number of nitrogens with zero attached hydrogens (tertiary/aromatic N) is 1. The van der Waals surface area contributed by atoms with E-state index in [0.717, 1.165) is 5.56 Å². The van der Waals surface area contributed by atoms with E-state index >= 15 is 0 Å². The lowest BCUT2D eigenvalue weighted by Gasteiger charge is -2.21. The van der Waals surface area contributed by atoms with Crippen LogP contribution in [0.1, 0.15) is 5.56 Å². The van der Waals surface area contributed by atoms with Gasteiger partial charge in [0.1, 0.15) is 0 Å². The molecule has 0 saturated heterocycles. The number of anilines is 1. The van der Waals surface area contributed by atoms with E-state index in [9.17, 15) is 9.90 Å². The number of carbonyl (C=O) groups excluding carboxylic acids is 1. The summed E-state index contributed by atoms with van der Waals surface area (Å²) >= 11 is 11.8. The molecule has 0 spiro atoms. The van der Waals surface area contributed by atoms with Crippen LogP contribution in [0.15, 0.2) is 48.5 Å². The van der Waals surface area contributed by atoms with Gasteiger partial charge in [0.2, 0.25) is 5.91 Å². The average Bonchev–Trinajstić information content (AvgIpc) is 2.52. The van der Waals surface area contributed by atoms with E-state index in [1.165, 1.54) is 0 Å². The van der Waals surface area contributed by atoms with Gasteiger partial charge in [-0.05, 0) is 23.8 Å². The fraction of sp³-hybridized carbons (Fsp3) is 0.235. The molecular formula is C17H18Cl2N2O2. The molecule has 0 aliphatic rings. The maximum Gasteiger partial charge on any atom is 0.238 e. The first kappa shape index (κ1) is 17.8. The van der Waals surface area contributed by atoms with Gasteiger partial charge in [-0.15, -0.1) is 0 Å². The monoisotopic (exact) mass is 352 g/mol. The molecular weight excluding hydrogens is 335 g/mol. The SMILES string of the molecule is O=C(CN(CCO)Cc1ccccc1)Nc1ccc(Cl)c(Cl)c1. The lowest BCUT2D eigenvalue weighted by molar-refractivity contribution is -0.117. The van der Waals surface area contributed by atoms with E-state index in [-0.39, 0.29) is 19.1 Å². The minimum Gasteiger partial charge on any atom is -0.395 e. The second kappa shape index (κ2) is 8.89. The number of amides is 1. The summed E-state index contributed by atoms with van der Waals surface area (Å²) in [6.07, 6.45) is 0. The topological polar surface area (TPSA) is 52.6 Å². The van der Waals surface area contributed by atoms with E-state index in [4.69, 9.17) is 23.2 Å². The first-order valence-electron chi connectivity index (χ1n) is 7.20. The van der Waals surface area contributed by atoms with Gasteiger partial charge in [0, 0.05) is 18.8 Å². The Morgan fingerprint density at radius 1 is 1.09 bits per heavy atom. The lowest BCUT2D eigenvalue weighted by atomic mass is 10.2. The van der Waals surface area contributed by atoms with Crippen LogP contribution in [0.5, 0.6) is 0 Å². The van der Waals surface area contributed by atoms with Crippen LogP contribution < -0.4 is 5.32 Å². The van der Waals surface area contributed by atoms with E-state index in [1.807, 2.05) is 35.2 Å². The molecule has 4 nitrogen and oxygen atoms in total. The largest absolute Gasteiger partial charge is 0.395 e. The van der Waals surface area contributed by atoms with Crippen LogP contribution >= 0.6 is 23.2 Å². The number of carbonyl (C=O) groups is 1. The molecule has 2 aromatic rings. The number of aliphatic hydroxyl groups is 1. The van der Waals surface area contributed by atoms with E-state index in [2.05, 4.69) is 5.32 Å². The molecule has 0 aliphatic heterocycles. The number of benzene rings is 2. The maximum atomic E-state index is 12.2. The second-order valence-electron chi connectivity index (χ2n) is 5.10. The van der Waals surface area contributed by atoms with Crippen LogP contribution in [0.25, 0.3) is 0 Å². The summed E-state index contributed by atoms with van der Waals surface area (Å²) in [4.78, 5) is 14.1. The van der Waals surface area contributed by atoms with E-state index in [0.29, 0.717) is 28.8 Å². The third kappa shape index (κ3) is 5.84. The zero-order valence-electron chi connectivity index (χ0n) is 12.5. The predicted octanol–water partition coefficient (Wildman–Crippen LogP) is 3.43. The highest BCUT2D eigenvalue weighted by Crippen LogP contribution is 2.24. The highest BCUT2D eigenvalue weighted by molar-refractivity contribution is 6.42. The summed E-state index contributed by atoms with van der Waals surface area (Å²) in [5.41, 5.74) is 1.68. The zero-order valence-corrected chi connectivity index (χ0v) is 14.0. The zero-order chi connectivity index (χ0) is 16.7. The highest BCUT2D eigenvalue weighted by atomic mass is 35.5. The molecule has 2 aromatic carbocycles. The molecule has 0 aliphatic carbocycles. The number of nitrogens with one attached hydrogen (secondary N) is 1. The number of rotatable bonds is 7. The smallest absolute Gasteiger partial charge is 0.238 e. The predicted molar refractivity (Wildman–Crippen MR) is 93.9 cm³/mol. The Morgan fingerprint density at radius 3 is 2.48 bits per heavy atom. The van der Waals surface area contributed by atoms with Crippen molar-refractivity contribution in [2.75, 3.05) is 25.0 Å². The maximum absolute atomic E-state index is 12.2. The summed E-state index contributed by atoms with van der Waals surface area (Å²) in [5.74, 6) is -0.173. The molecule has 0 radical (unpaired) electrons. The van der Waals surface area contributed by atoms with Gasteiger partial charge in [-0.25, -0.2) is 0 Å². The standard InChI is InChI=1S/C17H18Cl2N2O2/c18-15-7-6-14(10-16(15)19)20-17(23)12-21(8-9-22)11-13-4-2-1-3-5-13/h1-7,10,22H,8-9,11-12H2,(H,20,23). The Balaban J connectivity index is 1.95. The number of hydrogen-bond donors (Lipinski definition) is 2. The molecule has 6 heteroatoms. The molecule has 0 heterocycles. The van der Waals surface area contributed by atoms with Crippen LogP contribution in [0, 0.1) is 0 Å². The lowest BCUT2D eigenvalue weighted by Crippen LogP contribution is -2.34. The second-order valence-corrected chi connectivity index (χ2v) is 5.91. The van der Waals surface area contributed by atoms with E-state index < -0.39 is 0 Å². The van der Waals surface area contributed by atoms with Crippen molar-refractivity contribution in [2.24, 2.45) is 0 Å². The van der Waals surface area contributed by atoms with Crippen molar-refractivity contribution in [1.29, 1.82) is 0 Å². The van der Waals surface area contributed by atoms with Crippen LogP contribution in [0.2, 0.25) is 10.0 Å². The quantitative estimate of drug-likeness (QED) is 0.802. The van der Waals surface area contributed by atoms with Crippen molar-refractivity contribution in [1.82, 2.24) is 4.90 Å². The van der Waals surface area contributed by atoms with Crippen molar-refractivity contribution in [2.45, 2.75) is 6.54 Å². The average molecular weight is 353 g/mol. The van der Waals surface area contributed by atoms with Gasteiger partial charge in [-0.1, -0.05) is 53.5 Å². The molecule has 0 unspecified atom stereocenters. The van der Waals surface area contributed by atoms with Crippen molar-refractivity contribution < 1.29 is 9.90 Å². The number of aliphatic hydroxyl groups excluding tert-OH is 1. The normalized spacial score (nSPS) is 10.8. The summed E-state index contributed by atoms with van der Waals surface area (Å²) in [6.45, 7) is 1.18. The summed E-state index contributed by atoms with van der Waals surface area (Å²) in [5, 5.41) is 12.8. The van der Waals surface area contributed by atoms with Gasteiger partial charge in [0.05, 0.1) is 23.2 Å². The van der Waals surface area contributed by atoms with Gasteiger partial charge in [0.25, 0.3) is 0 Å². The van der Waals surface area contributed by atoms with Crippen molar-refractivity contribution in [3.63, 3.8) is 0 Å². The Morgan fingerprint density at radius 2 is 1.83 bits per heavy atom. The molecule has 23 heavy (non-hydrogen) atoms. The molecule has 2 rings (SSSR count). The Labute approximate surface area is 145 Å². The van der Waals surface area contributed by atoms with Gasteiger partial charge >= 0.3 is 0 Å². The fourth-order valence-corrected chi connectivity index (χ4v) is 2.47. The van der Waals surface area contributed by atoms with Crippen LogP contribution in [0.3, 0.4) is 0 Å². The minimum atomic E-state index is -0.173. The molecule has 2 N–H and O–H groups in total. The van der Waals surface area contributed by atoms with Crippen LogP contribution in [-0.4, -0.2) is 35.6 Å². The van der Waals surface area contributed by atoms with Gasteiger partial charge < -0.3 is 10.4 Å². The summed E-state index contributed by atoms with van der Waals surface area (Å²) in [6, 6.07) is 14.7. The van der Waals surface area contributed by atoms with Crippen molar-refractivity contribution in [3.8, 4) is 0 Å². The van der Waals surface area contributed by atoms with Gasteiger partial charge in [-0.3, -0.25) is 9.69 Å². The highest BCUT2D eigenvalue weighted by Gasteiger charge is 2.12. The number of halogens is 2. The molecule has 0 atom stereocenters. The Kier molecular flexibility index (Phi) is 6.86. The molecule has 122 valence electrons. The molecule has 0 bridgehead atoms. The van der Waals surface area contributed by atoms with Gasteiger partial charge in [-0.2, -0.15) is 0 Å². The molecule has 0 saturated carbocycles. The third-order valence-corrected chi connectivity index (χ3v) is 3.97. The molecule has 0 aromatic heterocycles. The van der Waals surface area contributed by atoms with Crippen molar-refractivity contribution >= 4 is 34.8 Å². The summed E-state index contributed by atoms with van der Waals surface area (Å²) < 4.78 is 0. The van der Waals surface area contributed by atoms with Crippen LogP contribution in [0.4, 0.5) is 5.69 Å². The van der Waals surface area contributed by atoms with Crippen LogP contribution in [-0.2, 0) is 11.3 Å². The fourth-order valence-electron chi connectivity index (χ4n) is 2.17. The van der Waals surface area contributed by atoms with Crippen molar-refractivity contribution in [3.05, 3.63) is 64.1 Å². The van der Waals surface area contributed by atoms with E-state index in [1.54, 1.807) is 18.2 Å². The number of hydrogen-bond acceptors (Lipinski definition) is 3. The Bertz CT molecular complexity index is 650. The Hall–Kier alpha value is -1.59. The van der Waals surface area contributed by atoms with Gasteiger partial charge in [0.15, 0.2) is 0 Å². The third-order valence-electron chi connectivity index (χ3n) is 3.24.